The predicted octanol–water partition coefficient (Wildman–Crippen LogP) is 2.46. The number of nitrogens with zero attached hydrogens (tertiary/aromatic N) is 3. The third-order valence-electron chi connectivity index (χ3n) is 7.18. The molecule has 2 aromatic rings. The average molecular weight is 349 g/mol. The third kappa shape index (κ3) is 1.84. The lowest BCUT2D eigenvalue weighted by Gasteiger charge is -2.51. The van der Waals surface area contributed by atoms with Crippen LogP contribution in [0.3, 0.4) is 0 Å². The number of carbonyl (C=O) groups excluding carboxylic acids is 1. The van der Waals surface area contributed by atoms with Gasteiger partial charge in [0, 0.05) is 35.9 Å². The van der Waals surface area contributed by atoms with E-state index in [1.165, 1.54) is 11.1 Å². The first-order valence-corrected chi connectivity index (χ1v) is 9.76. The molecule has 2 saturated carbocycles. The van der Waals surface area contributed by atoms with E-state index in [-0.39, 0.29) is 29.4 Å². The van der Waals surface area contributed by atoms with Crippen molar-refractivity contribution in [1.82, 2.24) is 14.5 Å². The molecule has 4 aliphatic rings. The average Bonchev–Trinajstić information content (AvgIpc) is 3.16. The maximum Gasteiger partial charge on any atom is 0.225 e. The molecule has 1 aromatic carbocycles. The molecule has 3 fully saturated rings. The first-order chi connectivity index (χ1) is 12.7. The standard InChI is InChI=1S/C21H23N3O2/c25-19-16(7-8-21(19)10-23(11-21)20(26)13-5-6-13)18-15-4-2-1-3-14(15)17-9-22-12-24(17)18/h1-4,9,12-13,16,18-19,25H,5-8,10-11H2. The van der Waals surface area contributed by atoms with E-state index >= 15 is 0 Å². The van der Waals surface area contributed by atoms with Gasteiger partial charge in [-0.1, -0.05) is 24.3 Å². The minimum Gasteiger partial charge on any atom is -0.392 e. The zero-order valence-electron chi connectivity index (χ0n) is 14.7. The van der Waals surface area contributed by atoms with E-state index in [9.17, 15) is 9.90 Å². The highest BCUT2D eigenvalue weighted by atomic mass is 16.3. The van der Waals surface area contributed by atoms with Crippen molar-refractivity contribution in [3.8, 4) is 11.3 Å². The topological polar surface area (TPSA) is 58.4 Å². The Morgan fingerprint density at radius 2 is 2.00 bits per heavy atom. The Morgan fingerprint density at radius 1 is 1.19 bits per heavy atom. The molecule has 1 N–H and O–H groups in total. The van der Waals surface area contributed by atoms with Crippen LogP contribution in [-0.4, -0.2) is 44.7 Å². The van der Waals surface area contributed by atoms with Gasteiger partial charge in [0.1, 0.15) is 0 Å². The van der Waals surface area contributed by atoms with E-state index < -0.39 is 0 Å². The summed E-state index contributed by atoms with van der Waals surface area (Å²) in [5, 5.41) is 11.3. The van der Waals surface area contributed by atoms with Crippen molar-refractivity contribution in [3.05, 3.63) is 42.4 Å². The highest BCUT2D eigenvalue weighted by Gasteiger charge is 2.59. The second kappa shape index (κ2) is 4.97. The minimum atomic E-state index is -0.364. The van der Waals surface area contributed by atoms with E-state index in [2.05, 4.69) is 33.8 Å². The zero-order valence-corrected chi connectivity index (χ0v) is 14.7. The number of aromatic nitrogens is 2. The van der Waals surface area contributed by atoms with Crippen LogP contribution in [0, 0.1) is 17.3 Å². The fourth-order valence-electron chi connectivity index (χ4n) is 5.66. The molecule has 134 valence electrons. The number of amides is 1. The van der Waals surface area contributed by atoms with Crippen LogP contribution < -0.4 is 0 Å². The van der Waals surface area contributed by atoms with Gasteiger partial charge in [0.15, 0.2) is 0 Å². The Balaban J connectivity index is 1.29. The van der Waals surface area contributed by atoms with Crippen molar-refractivity contribution in [2.45, 2.75) is 37.8 Å². The monoisotopic (exact) mass is 349 g/mol. The Kier molecular flexibility index (Phi) is 2.86. The van der Waals surface area contributed by atoms with Gasteiger partial charge in [-0.3, -0.25) is 4.79 Å². The van der Waals surface area contributed by atoms with Gasteiger partial charge in [0.2, 0.25) is 5.91 Å². The molecule has 2 aliphatic heterocycles. The van der Waals surface area contributed by atoms with Crippen LogP contribution in [0.4, 0.5) is 0 Å². The minimum absolute atomic E-state index is 0.0898. The van der Waals surface area contributed by atoms with E-state index in [0.717, 1.165) is 44.5 Å². The Bertz CT molecular complexity index is 894. The lowest BCUT2D eigenvalue weighted by molar-refractivity contribution is -0.153. The van der Waals surface area contributed by atoms with Gasteiger partial charge < -0.3 is 14.6 Å². The van der Waals surface area contributed by atoms with Crippen molar-refractivity contribution >= 4 is 5.91 Å². The van der Waals surface area contributed by atoms with Gasteiger partial charge in [0.25, 0.3) is 0 Å². The zero-order chi connectivity index (χ0) is 17.5. The number of fused-ring (bicyclic) bond motifs is 3. The number of imidazole rings is 1. The van der Waals surface area contributed by atoms with Crippen LogP contribution >= 0.6 is 0 Å². The largest absolute Gasteiger partial charge is 0.392 e. The number of likely N-dealkylation sites (tertiary alicyclic amines) is 1. The predicted molar refractivity (Wildman–Crippen MR) is 96.3 cm³/mol. The molecule has 5 heteroatoms. The molecule has 1 spiro atoms. The number of hydrogen-bond donors (Lipinski definition) is 1. The summed E-state index contributed by atoms with van der Waals surface area (Å²) >= 11 is 0. The van der Waals surface area contributed by atoms with Crippen molar-refractivity contribution in [3.63, 3.8) is 0 Å². The van der Waals surface area contributed by atoms with Gasteiger partial charge in [-0.25, -0.2) is 4.98 Å². The molecular weight excluding hydrogens is 326 g/mol. The molecule has 26 heavy (non-hydrogen) atoms. The number of aliphatic hydroxyl groups excluding tert-OH is 1. The molecule has 6 rings (SSSR count). The number of hydrogen-bond acceptors (Lipinski definition) is 3. The van der Waals surface area contributed by atoms with Crippen LogP contribution in [0.15, 0.2) is 36.8 Å². The van der Waals surface area contributed by atoms with Crippen molar-refractivity contribution in [1.29, 1.82) is 0 Å². The van der Waals surface area contributed by atoms with E-state index in [0.29, 0.717) is 5.91 Å². The van der Waals surface area contributed by atoms with Gasteiger partial charge in [0.05, 0.1) is 30.4 Å². The molecule has 3 unspecified atom stereocenters. The third-order valence-corrected chi connectivity index (χ3v) is 7.18. The van der Waals surface area contributed by atoms with Gasteiger partial charge in [-0.05, 0) is 31.2 Å². The first-order valence-electron chi connectivity index (χ1n) is 9.76. The highest BCUT2D eigenvalue weighted by Crippen LogP contribution is 2.55. The van der Waals surface area contributed by atoms with Crippen LogP contribution in [-0.2, 0) is 4.79 Å². The molecule has 3 heterocycles. The Labute approximate surface area is 152 Å². The summed E-state index contributed by atoms with van der Waals surface area (Å²) in [4.78, 5) is 18.6. The second-order valence-electron chi connectivity index (χ2n) is 8.70. The summed E-state index contributed by atoms with van der Waals surface area (Å²) in [5.41, 5.74) is 3.60. The summed E-state index contributed by atoms with van der Waals surface area (Å²) in [7, 11) is 0. The Hall–Kier alpha value is -2.14. The van der Waals surface area contributed by atoms with Crippen molar-refractivity contribution in [2.24, 2.45) is 17.3 Å². The smallest absolute Gasteiger partial charge is 0.225 e. The second-order valence-corrected chi connectivity index (χ2v) is 8.70. The SMILES string of the molecule is O=C(C1CC1)N1CC2(CCC(C3c4ccccc4-c4cncn43)C2O)C1. The normalized spacial score (nSPS) is 31.0. The van der Waals surface area contributed by atoms with Crippen molar-refractivity contribution < 1.29 is 9.90 Å². The summed E-state index contributed by atoms with van der Waals surface area (Å²) in [6.45, 7) is 1.48. The molecule has 0 radical (unpaired) electrons. The van der Waals surface area contributed by atoms with E-state index in [1.54, 1.807) is 0 Å². The summed E-state index contributed by atoms with van der Waals surface area (Å²) in [6.07, 6.45) is 7.58. The van der Waals surface area contributed by atoms with Gasteiger partial charge in [-0.2, -0.15) is 0 Å². The van der Waals surface area contributed by atoms with E-state index in [4.69, 9.17) is 0 Å². The number of benzene rings is 1. The molecule has 3 atom stereocenters. The molecule has 0 bridgehead atoms. The number of aliphatic hydroxyl groups is 1. The fraction of sp³-hybridized carbons (Fsp3) is 0.524. The van der Waals surface area contributed by atoms with E-state index in [1.807, 2.05) is 17.4 Å². The molecular formula is C21H23N3O2. The quantitative estimate of drug-likeness (QED) is 0.906. The molecule has 1 aromatic heterocycles. The maximum absolute atomic E-state index is 12.3. The first kappa shape index (κ1) is 15.0. The fourth-order valence-corrected chi connectivity index (χ4v) is 5.66. The Morgan fingerprint density at radius 3 is 2.81 bits per heavy atom. The lowest BCUT2D eigenvalue weighted by Crippen LogP contribution is -2.62. The van der Waals surface area contributed by atoms with Crippen LogP contribution in [0.5, 0.6) is 0 Å². The molecule has 2 aliphatic carbocycles. The van der Waals surface area contributed by atoms with Crippen molar-refractivity contribution in [2.75, 3.05) is 13.1 Å². The van der Waals surface area contributed by atoms with Crippen LogP contribution in [0.25, 0.3) is 11.3 Å². The number of carbonyl (C=O) groups is 1. The summed E-state index contributed by atoms with van der Waals surface area (Å²) in [6, 6.07) is 8.65. The number of rotatable bonds is 2. The molecule has 5 nitrogen and oxygen atoms in total. The van der Waals surface area contributed by atoms with Crippen LogP contribution in [0.1, 0.15) is 37.3 Å². The highest BCUT2D eigenvalue weighted by molar-refractivity contribution is 5.82. The molecule has 1 amide bonds. The molecule has 1 saturated heterocycles. The maximum atomic E-state index is 12.3. The lowest BCUT2D eigenvalue weighted by atomic mass is 9.74. The van der Waals surface area contributed by atoms with Gasteiger partial charge in [-0.15, -0.1) is 0 Å². The van der Waals surface area contributed by atoms with Crippen LogP contribution in [0.2, 0.25) is 0 Å². The summed E-state index contributed by atoms with van der Waals surface area (Å²) in [5.74, 6) is 0.774. The summed E-state index contributed by atoms with van der Waals surface area (Å²) < 4.78 is 2.24. The van der Waals surface area contributed by atoms with Gasteiger partial charge >= 0.3 is 0 Å².